The Hall–Kier alpha value is -3.07. The first-order valence-electron chi connectivity index (χ1n) is 11.5. The van der Waals surface area contributed by atoms with Crippen molar-refractivity contribution in [2.45, 2.75) is 36.7 Å². The summed E-state index contributed by atoms with van der Waals surface area (Å²) < 4.78 is 29.8. The smallest absolute Gasteiger partial charge is 0.348 e. The molecule has 0 bridgehead atoms. The minimum absolute atomic E-state index is 0.112. The Morgan fingerprint density at radius 1 is 1.19 bits per heavy atom. The van der Waals surface area contributed by atoms with Crippen molar-refractivity contribution in [2.75, 3.05) is 0 Å². The Labute approximate surface area is 215 Å². The Morgan fingerprint density at radius 3 is 2.44 bits per heavy atom. The van der Waals surface area contributed by atoms with Gasteiger partial charge in [0.1, 0.15) is 29.6 Å². The molecule has 1 N–H and O–H groups in total. The van der Waals surface area contributed by atoms with Gasteiger partial charge in [-0.05, 0) is 29.7 Å². The molecule has 0 radical (unpaired) electrons. The molecule has 4 amide bonds. The first-order chi connectivity index (χ1) is 16.7. The third kappa shape index (κ3) is 4.34. The summed E-state index contributed by atoms with van der Waals surface area (Å²) in [7, 11) is 6.62. The lowest BCUT2D eigenvalue weighted by Gasteiger charge is -2.40. The lowest BCUT2D eigenvalue weighted by Crippen LogP contribution is -2.59. The maximum atomic E-state index is 14.9. The van der Waals surface area contributed by atoms with Crippen LogP contribution in [0.5, 0.6) is 0 Å². The van der Waals surface area contributed by atoms with Crippen LogP contribution in [0, 0.1) is 0 Å². The third-order valence-electron chi connectivity index (χ3n) is 6.85. The van der Waals surface area contributed by atoms with Crippen LogP contribution in [0.3, 0.4) is 0 Å². The molecule has 2 heterocycles. The summed E-state index contributed by atoms with van der Waals surface area (Å²) in [4.78, 5) is 52.6. The first kappa shape index (κ1) is 26.0. The summed E-state index contributed by atoms with van der Waals surface area (Å²) in [6, 6.07) is 7.44. The zero-order valence-corrected chi connectivity index (χ0v) is 21.1. The van der Waals surface area contributed by atoms with Crippen molar-refractivity contribution in [3.63, 3.8) is 0 Å². The number of alkyl halides is 2. The minimum atomic E-state index is -3.75. The van der Waals surface area contributed by atoms with Gasteiger partial charge < -0.3 is 9.71 Å². The van der Waals surface area contributed by atoms with E-state index in [2.05, 4.69) is 5.32 Å². The number of amides is 4. The summed E-state index contributed by atoms with van der Waals surface area (Å²) in [5, 5.41) is 1.68. The first-order valence-corrected chi connectivity index (χ1v) is 11.8. The van der Waals surface area contributed by atoms with Crippen LogP contribution >= 0.6 is 11.6 Å². The van der Waals surface area contributed by atoms with E-state index in [1.54, 1.807) is 35.7 Å². The molecule has 4 rings (SSSR count). The van der Waals surface area contributed by atoms with E-state index >= 15 is 0 Å². The molecule has 182 valence electrons. The standard InChI is InChI=1S/C22H22B4ClF2N3O4/c23-14-8-10(9-31(26)20(36)21(28,29)11-1-3-12(27)4-2-11)7-13-17(14)19(35)32(22(13,24)25)15-5-6-16(33)30-18(15)34/h1-4,7-8,15H,5-6,9,23-26H2,(H,30,33,34). The van der Waals surface area contributed by atoms with Crippen LogP contribution in [0.1, 0.15) is 39.9 Å². The van der Waals surface area contributed by atoms with Gasteiger partial charge in [0.15, 0.2) is 0 Å². The van der Waals surface area contributed by atoms with Gasteiger partial charge in [0.05, 0.1) is 0 Å². The zero-order valence-electron chi connectivity index (χ0n) is 20.3. The largest absolute Gasteiger partial charge is 0.384 e. The Kier molecular flexibility index (Phi) is 6.58. The fraction of sp³-hybridized carbons (Fsp3) is 0.273. The summed E-state index contributed by atoms with van der Waals surface area (Å²) in [6.07, 6.45) is 0.350. The lowest BCUT2D eigenvalue weighted by molar-refractivity contribution is -0.154. The maximum Gasteiger partial charge on any atom is 0.348 e. The fourth-order valence-electron chi connectivity index (χ4n) is 5.05. The van der Waals surface area contributed by atoms with E-state index in [1.807, 2.05) is 0 Å². The molecule has 1 atom stereocenters. The van der Waals surface area contributed by atoms with Crippen LogP contribution in [0.25, 0.3) is 0 Å². The molecule has 1 saturated heterocycles. The number of nitrogens with zero attached hydrogens (tertiary/aromatic N) is 2. The molecule has 0 aliphatic carbocycles. The van der Waals surface area contributed by atoms with Crippen LogP contribution in [0.15, 0.2) is 36.4 Å². The highest BCUT2D eigenvalue weighted by Crippen LogP contribution is 2.38. The maximum absolute atomic E-state index is 14.9. The number of piperidine rings is 1. The van der Waals surface area contributed by atoms with Gasteiger partial charge in [-0.15, -0.1) is 0 Å². The van der Waals surface area contributed by atoms with Gasteiger partial charge in [-0.25, -0.2) is 0 Å². The van der Waals surface area contributed by atoms with E-state index in [9.17, 15) is 28.0 Å². The van der Waals surface area contributed by atoms with Crippen molar-refractivity contribution in [3.05, 3.63) is 63.7 Å². The Bertz CT molecular complexity index is 1290. The summed E-state index contributed by atoms with van der Waals surface area (Å²) >= 11 is 5.78. The average Bonchev–Trinajstić information content (AvgIpc) is 2.99. The molecule has 1 fully saturated rings. The van der Waals surface area contributed by atoms with E-state index < -0.39 is 34.7 Å². The Balaban J connectivity index is 1.61. The number of benzene rings is 2. The predicted molar refractivity (Wildman–Crippen MR) is 140 cm³/mol. The monoisotopic (exact) mass is 509 g/mol. The molecule has 0 spiro atoms. The number of imide groups is 1. The van der Waals surface area contributed by atoms with Gasteiger partial charge >= 0.3 is 5.92 Å². The average molecular weight is 509 g/mol. The second kappa shape index (κ2) is 9.10. The van der Waals surface area contributed by atoms with Crippen LogP contribution in [0.4, 0.5) is 8.78 Å². The van der Waals surface area contributed by atoms with Gasteiger partial charge in [0, 0.05) is 34.5 Å². The van der Waals surface area contributed by atoms with Crippen molar-refractivity contribution >= 4 is 72.2 Å². The SMILES string of the molecule is Bc1cc(CN(B)C(=O)C(F)(F)c2ccc(Cl)cc2)cc2c1C(=O)N(C1CCC(=O)NC1=O)C2(B)B. The summed E-state index contributed by atoms with van der Waals surface area (Å²) in [5.74, 6) is -6.34. The molecular weight excluding hydrogens is 487 g/mol. The highest BCUT2D eigenvalue weighted by Gasteiger charge is 2.49. The topological polar surface area (TPSA) is 86.8 Å². The molecule has 2 aliphatic rings. The highest BCUT2D eigenvalue weighted by molar-refractivity contribution is 6.45. The van der Waals surface area contributed by atoms with E-state index in [0.717, 1.165) is 16.9 Å². The van der Waals surface area contributed by atoms with Gasteiger partial charge in [-0.3, -0.25) is 24.5 Å². The number of nitrogens with one attached hydrogen (secondary N) is 1. The highest BCUT2D eigenvalue weighted by atomic mass is 35.5. The Morgan fingerprint density at radius 2 is 1.83 bits per heavy atom. The number of hydrogen-bond acceptors (Lipinski definition) is 4. The zero-order chi connectivity index (χ0) is 26.6. The number of carbonyl (C=O) groups is 4. The van der Waals surface area contributed by atoms with Gasteiger partial charge in [0.2, 0.25) is 19.8 Å². The summed E-state index contributed by atoms with van der Waals surface area (Å²) in [6.45, 7) is -0.112. The minimum Gasteiger partial charge on any atom is -0.384 e. The summed E-state index contributed by atoms with van der Waals surface area (Å²) in [5.41, 5.74) is 1.80. The second-order valence-electron chi connectivity index (χ2n) is 9.78. The molecule has 7 nitrogen and oxygen atoms in total. The molecule has 2 aromatic rings. The van der Waals surface area contributed by atoms with Crippen LogP contribution in [-0.2, 0) is 32.2 Å². The van der Waals surface area contributed by atoms with E-state index in [-0.39, 0.29) is 36.2 Å². The van der Waals surface area contributed by atoms with Gasteiger partial charge in [0.25, 0.3) is 11.8 Å². The van der Waals surface area contributed by atoms with Crippen molar-refractivity contribution in [1.29, 1.82) is 0 Å². The molecule has 2 aliphatic heterocycles. The molecule has 0 saturated carbocycles. The van der Waals surface area contributed by atoms with Crippen molar-refractivity contribution in [1.82, 2.24) is 15.0 Å². The van der Waals surface area contributed by atoms with Crippen LogP contribution in [0.2, 0.25) is 5.02 Å². The fourth-order valence-corrected chi connectivity index (χ4v) is 5.18. The normalized spacial score (nSPS) is 19.1. The quantitative estimate of drug-likeness (QED) is 0.370. The van der Waals surface area contributed by atoms with E-state index in [1.165, 1.54) is 25.0 Å². The predicted octanol–water partition coefficient (Wildman–Crippen LogP) is -2.10. The van der Waals surface area contributed by atoms with Gasteiger partial charge in [-0.1, -0.05) is 41.3 Å². The van der Waals surface area contributed by atoms with Crippen LogP contribution < -0.4 is 10.8 Å². The van der Waals surface area contributed by atoms with Crippen molar-refractivity contribution < 1.29 is 28.0 Å². The lowest BCUT2D eigenvalue weighted by atomic mass is 9.57. The van der Waals surface area contributed by atoms with E-state index in [4.69, 9.17) is 11.6 Å². The van der Waals surface area contributed by atoms with Gasteiger partial charge in [-0.2, -0.15) is 8.78 Å². The molecule has 1 unspecified atom stereocenters. The third-order valence-corrected chi connectivity index (χ3v) is 7.10. The number of fused-ring (bicyclic) bond motifs is 1. The number of halogens is 3. The molecular formula is C22H22B4ClF2N3O4. The van der Waals surface area contributed by atoms with Crippen molar-refractivity contribution in [2.24, 2.45) is 0 Å². The van der Waals surface area contributed by atoms with E-state index in [0.29, 0.717) is 22.2 Å². The number of hydrogen-bond donors (Lipinski definition) is 1. The molecule has 36 heavy (non-hydrogen) atoms. The molecule has 0 aromatic heterocycles. The van der Waals surface area contributed by atoms with Crippen LogP contribution in [-0.4, -0.2) is 70.9 Å². The number of rotatable bonds is 5. The molecule has 14 heteroatoms. The second-order valence-corrected chi connectivity index (χ2v) is 10.2. The molecule has 2 aromatic carbocycles. The number of carbonyl (C=O) groups excluding carboxylic acids is 4. The van der Waals surface area contributed by atoms with Crippen molar-refractivity contribution in [3.8, 4) is 0 Å².